The number of hydrogen-bond donors (Lipinski definition) is 2. The highest BCUT2D eigenvalue weighted by Gasteiger charge is 2.18. The van der Waals surface area contributed by atoms with E-state index in [1.807, 2.05) is 37.4 Å². The van der Waals surface area contributed by atoms with Crippen LogP contribution in [0.1, 0.15) is 47.4 Å². The average Bonchev–Trinajstić information content (AvgIpc) is 3.03. The van der Waals surface area contributed by atoms with Crippen molar-refractivity contribution in [3.8, 4) is 0 Å². The van der Waals surface area contributed by atoms with Gasteiger partial charge in [-0.15, -0.1) is 0 Å². The maximum Gasteiger partial charge on any atom is 0.273 e. The maximum atomic E-state index is 12.3. The van der Waals surface area contributed by atoms with Gasteiger partial charge in [0, 0.05) is 4.47 Å². The molecule has 0 fully saturated rings. The van der Waals surface area contributed by atoms with E-state index in [-0.39, 0.29) is 23.7 Å². The summed E-state index contributed by atoms with van der Waals surface area (Å²) in [7, 11) is 0. The zero-order valence-electron chi connectivity index (χ0n) is 13.1. The molecule has 2 aromatic rings. The topological polar surface area (TPSA) is 81.1 Å². The number of halogens is 1. The van der Waals surface area contributed by atoms with Gasteiger partial charge in [-0.3, -0.25) is 4.79 Å². The Balaban J connectivity index is 1.98. The van der Waals surface area contributed by atoms with Gasteiger partial charge in [0.2, 0.25) is 5.89 Å². The molecule has 1 amide bonds. The molecule has 0 saturated heterocycles. The van der Waals surface area contributed by atoms with Gasteiger partial charge < -0.3 is 15.5 Å². The number of carbonyl (C=O) groups is 1. The minimum atomic E-state index is -0.284. The van der Waals surface area contributed by atoms with E-state index in [9.17, 15) is 4.79 Å². The molecular weight excluding hydrogens is 378 g/mol. The molecule has 0 aliphatic carbocycles. The van der Waals surface area contributed by atoms with Crippen LogP contribution in [0.15, 0.2) is 39.4 Å². The zero-order valence-corrected chi connectivity index (χ0v) is 15.5. The molecule has 5 nitrogen and oxygen atoms in total. The number of benzene rings is 1. The third-order valence-corrected chi connectivity index (χ3v) is 4.59. The lowest BCUT2D eigenvalue weighted by Crippen LogP contribution is -2.27. The van der Waals surface area contributed by atoms with Crippen LogP contribution in [0.2, 0.25) is 0 Å². The maximum absolute atomic E-state index is 12.3. The van der Waals surface area contributed by atoms with Crippen LogP contribution in [0.25, 0.3) is 0 Å². The normalized spacial score (nSPS) is 13.6. The predicted octanol–water partition coefficient (Wildman–Crippen LogP) is 3.68. The van der Waals surface area contributed by atoms with E-state index >= 15 is 0 Å². The van der Waals surface area contributed by atoms with Gasteiger partial charge in [0.05, 0.1) is 12.1 Å². The first kappa shape index (κ1) is 18.0. The first-order chi connectivity index (χ1) is 11.0. The molecule has 3 N–H and O–H groups in total. The van der Waals surface area contributed by atoms with Gasteiger partial charge in [-0.25, -0.2) is 4.98 Å². The van der Waals surface area contributed by atoms with Gasteiger partial charge in [0.1, 0.15) is 6.26 Å². The Morgan fingerprint density at radius 1 is 1.43 bits per heavy atom. The minimum Gasteiger partial charge on any atom is -0.446 e. The van der Waals surface area contributed by atoms with Crippen LogP contribution < -0.4 is 11.1 Å². The van der Waals surface area contributed by atoms with Crippen molar-refractivity contribution >= 4 is 33.6 Å². The highest BCUT2D eigenvalue weighted by molar-refractivity contribution is 9.10. The largest absolute Gasteiger partial charge is 0.446 e. The van der Waals surface area contributed by atoms with Gasteiger partial charge in [0.25, 0.3) is 5.91 Å². The fourth-order valence-corrected chi connectivity index (χ4v) is 2.79. The molecule has 0 radical (unpaired) electrons. The lowest BCUT2D eigenvalue weighted by molar-refractivity contribution is 0.0935. The summed E-state index contributed by atoms with van der Waals surface area (Å²) in [5.74, 6) is 1.05. The van der Waals surface area contributed by atoms with Gasteiger partial charge in [-0.1, -0.05) is 28.1 Å². The molecule has 1 heterocycles. The zero-order chi connectivity index (χ0) is 16.8. The van der Waals surface area contributed by atoms with Crippen LogP contribution in [-0.2, 0) is 0 Å². The standard InChI is InChI=1S/C16H20BrN3O2S/c1-10(11-3-5-12(17)6-4-11)19-15(21)14-9-22-16(20-14)13(18)7-8-23-2/h3-6,9-10,13H,7-8,18H2,1-2H3,(H,19,21). The Morgan fingerprint density at radius 3 is 2.78 bits per heavy atom. The number of rotatable bonds is 7. The van der Waals surface area contributed by atoms with Crippen LogP contribution in [0.3, 0.4) is 0 Å². The quantitative estimate of drug-likeness (QED) is 0.744. The molecule has 2 unspecified atom stereocenters. The van der Waals surface area contributed by atoms with Gasteiger partial charge in [0.15, 0.2) is 5.69 Å². The van der Waals surface area contributed by atoms with Crippen molar-refractivity contribution in [2.24, 2.45) is 5.73 Å². The summed E-state index contributed by atoms with van der Waals surface area (Å²) in [5.41, 5.74) is 7.26. The molecule has 1 aromatic carbocycles. The second-order valence-electron chi connectivity index (χ2n) is 5.21. The van der Waals surface area contributed by atoms with E-state index in [1.165, 1.54) is 6.26 Å². The number of hydrogen-bond acceptors (Lipinski definition) is 5. The molecular formula is C16H20BrN3O2S. The number of thioether (sulfide) groups is 1. The summed E-state index contributed by atoms with van der Waals surface area (Å²) >= 11 is 5.11. The van der Waals surface area contributed by atoms with E-state index in [1.54, 1.807) is 11.8 Å². The number of nitrogens with one attached hydrogen (secondary N) is 1. The molecule has 0 saturated carbocycles. The number of aromatic nitrogens is 1. The molecule has 7 heteroatoms. The third kappa shape index (κ3) is 5.09. The van der Waals surface area contributed by atoms with Crippen LogP contribution >= 0.6 is 27.7 Å². The number of nitrogens with zero attached hydrogens (tertiary/aromatic N) is 1. The second-order valence-corrected chi connectivity index (χ2v) is 7.11. The van der Waals surface area contributed by atoms with Crippen LogP contribution in [0, 0.1) is 0 Å². The van der Waals surface area contributed by atoms with E-state index in [0.29, 0.717) is 5.89 Å². The summed E-state index contributed by atoms with van der Waals surface area (Å²) in [4.78, 5) is 16.5. The van der Waals surface area contributed by atoms with Crippen LogP contribution in [0.5, 0.6) is 0 Å². The average molecular weight is 398 g/mol. The van der Waals surface area contributed by atoms with Crippen LogP contribution in [0.4, 0.5) is 0 Å². The lowest BCUT2D eigenvalue weighted by Gasteiger charge is -2.13. The third-order valence-electron chi connectivity index (χ3n) is 3.42. The van der Waals surface area contributed by atoms with Crippen molar-refractivity contribution in [2.45, 2.75) is 25.4 Å². The minimum absolute atomic E-state index is 0.124. The van der Waals surface area contributed by atoms with E-state index in [2.05, 4.69) is 26.2 Å². The van der Waals surface area contributed by atoms with E-state index < -0.39 is 0 Å². The highest BCUT2D eigenvalue weighted by atomic mass is 79.9. The molecule has 1 aromatic heterocycles. The van der Waals surface area contributed by atoms with Crippen molar-refractivity contribution in [3.05, 3.63) is 52.1 Å². The first-order valence-electron chi connectivity index (χ1n) is 7.27. The van der Waals surface area contributed by atoms with E-state index in [4.69, 9.17) is 10.2 Å². The summed E-state index contributed by atoms with van der Waals surface area (Å²) in [6, 6.07) is 7.39. The van der Waals surface area contributed by atoms with Crippen molar-refractivity contribution in [2.75, 3.05) is 12.0 Å². The monoisotopic (exact) mass is 397 g/mol. The molecule has 0 bridgehead atoms. The SMILES string of the molecule is CSCCC(N)c1nc(C(=O)NC(C)c2ccc(Br)cc2)co1. The summed E-state index contributed by atoms with van der Waals surface area (Å²) < 4.78 is 6.34. The number of carbonyl (C=O) groups excluding carboxylic acids is 1. The molecule has 23 heavy (non-hydrogen) atoms. The summed E-state index contributed by atoms with van der Waals surface area (Å²) in [6.07, 6.45) is 4.14. The molecule has 2 rings (SSSR count). The summed E-state index contributed by atoms with van der Waals surface area (Å²) in [5, 5.41) is 2.91. The number of oxazole rings is 1. The highest BCUT2D eigenvalue weighted by Crippen LogP contribution is 2.18. The van der Waals surface area contributed by atoms with Gasteiger partial charge >= 0.3 is 0 Å². The lowest BCUT2D eigenvalue weighted by atomic mass is 10.1. The van der Waals surface area contributed by atoms with Gasteiger partial charge in [-0.05, 0) is 43.0 Å². The Bertz CT molecular complexity index is 645. The first-order valence-corrected chi connectivity index (χ1v) is 9.46. The summed E-state index contributed by atoms with van der Waals surface area (Å²) in [6.45, 7) is 1.92. The number of nitrogens with two attached hydrogens (primary N) is 1. The molecule has 2 atom stereocenters. The Kier molecular flexibility index (Phi) is 6.68. The molecule has 0 aliphatic heterocycles. The smallest absolute Gasteiger partial charge is 0.273 e. The Labute approximate surface area is 148 Å². The van der Waals surface area contributed by atoms with Crippen molar-refractivity contribution in [1.82, 2.24) is 10.3 Å². The van der Waals surface area contributed by atoms with Gasteiger partial charge in [-0.2, -0.15) is 11.8 Å². The van der Waals surface area contributed by atoms with E-state index in [0.717, 1.165) is 22.2 Å². The second kappa shape index (κ2) is 8.52. The molecule has 0 spiro atoms. The van der Waals surface area contributed by atoms with Crippen molar-refractivity contribution < 1.29 is 9.21 Å². The van der Waals surface area contributed by atoms with Crippen molar-refractivity contribution in [3.63, 3.8) is 0 Å². The Morgan fingerprint density at radius 2 is 2.13 bits per heavy atom. The molecule has 0 aliphatic rings. The predicted molar refractivity (Wildman–Crippen MR) is 96.5 cm³/mol. The number of amides is 1. The van der Waals surface area contributed by atoms with Crippen molar-refractivity contribution in [1.29, 1.82) is 0 Å². The fourth-order valence-electron chi connectivity index (χ4n) is 2.04. The Hall–Kier alpha value is -1.31. The van der Waals surface area contributed by atoms with Crippen LogP contribution in [-0.4, -0.2) is 22.9 Å². The molecule has 124 valence electrons. The fraction of sp³-hybridized carbons (Fsp3) is 0.375.